The van der Waals surface area contributed by atoms with Crippen molar-refractivity contribution in [2.75, 3.05) is 38.5 Å². The molecule has 0 saturated carbocycles. The number of nitrogens with one attached hydrogen (secondary N) is 1. The van der Waals surface area contributed by atoms with Crippen molar-refractivity contribution in [1.82, 2.24) is 4.31 Å². The molecule has 3 rings (SSSR count). The molecule has 0 radical (unpaired) electrons. The Kier molecular flexibility index (Phi) is 6.50. The number of quaternary nitrogens is 1. The number of hydrogen-bond donors (Lipinski definition) is 1. The molecule has 1 fully saturated rings. The Morgan fingerprint density at radius 1 is 1.11 bits per heavy atom. The lowest BCUT2D eigenvalue weighted by atomic mass is 10.2. The van der Waals surface area contributed by atoms with Crippen LogP contribution in [0.25, 0.3) is 0 Å². The van der Waals surface area contributed by atoms with Crippen LogP contribution in [0.5, 0.6) is 0 Å². The van der Waals surface area contributed by atoms with Gasteiger partial charge >= 0.3 is 0 Å². The van der Waals surface area contributed by atoms with Gasteiger partial charge in [0.05, 0.1) is 43.2 Å². The molecule has 1 aliphatic rings. The maximum absolute atomic E-state index is 12.9. The standard InChI is InChI=1S/C19H20FN3O2S2/c20-17-5-7-18(8-6-17)26-14-13-22-9-11-23(12-10-22)27(24,25)19-4-2-1-3-16(19)15-21/h1-8H,9-14H2/p+1. The summed E-state index contributed by atoms with van der Waals surface area (Å²) in [4.78, 5) is 2.47. The van der Waals surface area contributed by atoms with Crippen molar-refractivity contribution in [1.29, 1.82) is 5.26 Å². The molecular weight excluding hydrogens is 385 g/mol. The van der Waals surface area contributed by atoms with Crippen LogP contribution < -0.4 is 4.90 Å². The fourth-order valence-corrected chi connectivity index (χ4v) is 5.60. The van der Waals surface area contributed by atoms with E-state index < -0.39 is 10.0 Å². The summed E-state index contributed by atoms with van der Waals surface area (Å²) >= 11 is 1.68. The first-order valence-electron chi connectivity index (χ1n) is 8.72. The number of nitrogens with zero attached hydrogens (tertiary/aromatic N) is 2. The van der Waals surface area contributed by atoms with Crippen molar-refractivity contribution in [2.45, 2.75) is 9.79 Å². The monoisotopic (exact) mass is 406 g/mol. The van der Waals surface area contributed by atoms with Crippen LogP contribution in [0.2, 0.25) is 0 Å². The molecule has 2 aromatic rings. The maximum Gasteiger partial charge on any atom is 0.244 e. The van der Waals surface area contributed by atoms with Crippen molar-refractivity contribution in [3.8, 4) is 6.07 Å². The zero-order valence-corrected chi connectivity index (χ0v) is 16.4. The van der Waals surface area contributed by atoms with Crippen LogP contribution in [-0.2, 0) is 10.0 Å². The molecule has 8 heteroatoms. The van der Waals surface area contributed by atoms with Gasteiger partial charge in [-0.1, -0.05) is 12.1 Å². The first-order valence-corrected chi connectivity index (χ1v) is 11.1. The third kappa shape index (κ3) is 4.87. The van der Waals surface area contributed by atoms with Gasteiger partial charge in [-0.15, -0.1) is 11.8 Å². The van der Waals surface area contributed by atoms with E-state index in [0.29, 0.717) is 13.1 Å². The molecule has 0 unspecified atom stereocenters. The summed E-state index contributed by atoms with van der Waals surface area (Å²) < 4.78 is 40.1. The summed E-state index contributed by atoms with van der Waals surface area (Å²) in [5.74, 6) is 0.658. The number of nitriles is 1. The molecule has 1 N–H and O–H groups in total. The van der Waals surface area contributed by atoms with Gasteiger partial charge in [0.25, 0.3) is 0 Å². The highest BCUT2D eigenvalue weighted by Crippen LogP contribution is 2.20. The molecule has 0 atom stereocenters. The van der Waals surface area contributed by atoms with Crippen LogP contribution in [-0.4, -0.2) is 51.2 Å². The number of thioether (sulfide) groups is 1. The smallest absolute Gasteiger partial charge is 0.244 e. The number of piperazine rings is 1. The highest BCUT2D eigenvalue weighted by Gasteiger charge is 2.31. The summed E-state index contributed by atoms with van der Waals surface area (Å²) in [6.45, 7) is 3.28. The molecule has 142 valence electrons. The molecule has 2 aromatic carbocycles. The summed E-state index contributed by atoms with van der Waals surface area (Å²) in [7, 11) is -3.64. The molecule has 27 heavy (non-hydrogen) atoms. The number of hydrogen-bond acceptors (Lipinski definition) is 4. The van der Waals surface area contributed by atoms with Gasteiger partial charge < -0.3 is 4.90 Å². The molecule has 0 aromatic heterocycles. The molecular formula is C19H21FN3O2S2+. The molecule has 1 saturated heterocycles. The number of halogens is 1. The van der Waals surface area contributed by atoms with Crippen molar-refractivity contribution < 1.29 is 17.7 Å². The molecule has 0 spiro atoms. The van der Waals surface area contributed by atoms with E-state index in [9.17, 15) is 12.8 Å². The Bertz CT molecular complexity index is 919. The highest BCUT2D eigenvalue weighted by molar-refractivity contribution is 7.99. The number of rotatable bonds is 6. The minimum Gasteiger partial charge on any atom is -0.332 e. The predicted molar refractivity (Wildman–Crippen MR) is 103 cm³/mol. The third-order valence-electron chi connectivity index (χ3n) is 4.59. The SMILES string of the molecule is N#Cc1ccccc1S(=O)(=O)N1CC[NH+](CCSc2ccc(F)cc2)CC1. The second-order valence-corrected chi connectivity index (χ2v) is 9.39. The minimum atomic E-state index is -3.64. The van der Waals surface area contributed by atoms with Crippen LogP contribution in [0, 0.1) is 17.1 Å². The van der Waals surface area contributed by atoms with E-state index in [2.05, 4.69) is 0 Å². The van der Waals surface area contributed by atoms with Crippen LogP contribution in [0.1, 0.15) is 5.56 Å². The van der Waals surface area contributed by atoms with Gasteiger partial charge in [0.2, 0.25) is 10.0 Å². The van der Waals surface area contributed by atoms with E-state index in [-0.39, 0.29) is 16.3 Å². The van der Waals surface area contributed by atoms with Gasteiger partial charge in [-0.25, -0.2) is 12.8 Å². The summed E-state index contributed by atoms with van der Waals surface area (Å²) in [6, 6.07) is 14.7. The van der Waals surface area contributed by atoms with E-state index >= 15 is 0 Å². The fraction of sp³-hybridized carbons (Fsp3) is 0.316. The molecule has 0 amide bonds. The zero-order chi connectivity index (χ0) is 19.3. The Hall–Kier alpha value is -1.92. The van der Waals surface area contributed by atoms with Crippen LogP contribution in [0.4, 0.5) is 4.39 Å². The van der Waals surface area contributed by atoms with Crippen LogP contribution in [0.3, 0.4) is 0 Å². The van der Waals surface area contributed by atoms with Gasteiger partial charge in [-0.3, -0.25) is 0 Å². The Morgan fingerprint density at radius 2 is 1.78 bits per heavy atom. The van der Waals surface area contributed by atoms with E-state index in [1.165, 1.54) is 33.5 Å². The van der Waals surface area contributed by atoms with E-state index in [1.54, 1.807) is 36.0 Å². The predicted octanol–water partition coefficient (Wildman–Crippen LogP) is 1.38. The Morgan fingerprint density at radius 3 is 2.44 bits per heavy atom. The average Bonchev–Trinajstić information content (AvgIpc) is 2.70. The normalized spacial score (nSPS) is 16.1. The lowest BCUT2D eigenvalue weighted by Crippen LogP contribution is -3.15. The van der Waals surface area contributed by atoms with Crippen molar-refractivity contribution >= 4 is 21.8 Å². The second-order valence-electron chi connectivity index (χ2n) is 6.31. The summed E-state index contributed by atoms with van der Waals surface area (Å²) in [5, 5.41) is 9.17. The number of benzene rings is 2. The van der Waals surface area contributed by atoms with Crippen molar-refractivity contribution in [2.24, 2.45) is 0 Å². The van der Waals surface area contributed by atoms with Crippen molar-refractivity contribution in [3.05, 3.63) is 59.9 Å². The molecule has 1 aliphatic heterocycles. The van der Waals surface area contributed by atoms with E-state index in [4.69, 9.17) is 5.26 Å². The Labute approximate surface area is 163 Å². The molecule has 0 bridgehead atoms. The largest absolute Gasteiger partial charge is 0.332 e. The second kappa shape index (κ2) is 8.85. The van der Waals surface area contributed by atoms with Gasteiger partial charge in [-0.2, -0.15) is 9.57 Å². The van der Waals surface area contributed by atoms with Crippen molar-refractivity contribution in [3.63, 3.8) is 0 Å². The quantitative estimate of drug-likeness (QED) is 0.736. The van der Waals surface area contributed by atoms with Crippen LogP contribution in [0.15, 0.2) is 58.3 Å². The highest BCUT2D eigenvalue weighted by atomic mass is 32.2. The summed E-state index contributed by atoms with van der Waals surface area (Å²) in [5.41, 5.74) is 0.183. The van der Waals surface area contributed by atoms with Gasteiger partial charge in [0.15, 0.2) is 0 Å². The maximum atomic E-state index is 12.9. The molecule has 1 heterocycles. The van der Waals surface area contributed by atoms with E-state index in [0.717, 1.165) is 30.3 Å². The molecule has 0 aliphatic carbocycles. The minimum absolute atomic E-state index is 0.0859. The van der Waals surface area contributed by atoms with Gasteiger partial charge in [0.1, 0.15) is 11.9 Å². The lowest BCUT2D eigenvalue weighted by Gasteiger charge is -2.31. The number of sulfonamides is 1. The topological polar surface area (TPSA) is 65.6 Å². The molecule has 5 nitrogen and oxygen atoms in total. The summed E-state index contributed by atoms with van der Waals surface area (Å²) in [6.07, 6.45) is 0. The lowest BCUT2D eigenvalue weighted by molar-refractivity contribution is -0.901. The Balaban J connectivity index is 1.52. The zero-order valence-electron chi connectivity index (χ0n) is 14.8. The average molecular weight is 407 g/mol. The van der Waals surface area contributed by atoms with Gasteiger partial charge in [-0.05, 0) is 36.4 Å². The van der Waals surface area contributed by atoms with Gasteiger partial charge in [0, 0.05) is 10.6 Å². The third-order valence-corrected chi connectivity index (χ3v) is 7.56. The first-order chi connectivity index (χ1) is 13.0. The fourth-order valence-electron chi connectivity index (χ4n) is 3.06. The first kappa shape index (κ1) is 19.8. The van der Waals surface area contributed by atoms with E-state index in [1.807, 2.05) is 6.07 Å². The van der Waals surface area contributed by atoms with Crippen LogP contribution >= 0.6 is 11.8 Å².